The van der Waals surface area contributed by atoms with Gasteiger partial charge in [0.1, 0.15) is 11.9 Å². The maximum absolute atomic E-state index is 14.3. The van der Waals surface area contributed by atoms with Gasteiger partial charge in [0.2, 0.25) is 5.91 Å². The van der Waals surface area contributed by atoms with E-state index in [2.05, 4.69) is 4.90 Å². The van der Waals surface area contributed by atoms with Crippen LogP contribution >= 0.6 is 0 Å². The molecule has 0 aliphatic carbocycles. The molecule has 0 spiro atoms. The Hall–Kier alpha value is -1.99. The highest BCUT2D eigenvalue weighted by Crippen LogP contribution is 2.30. The fraction of sp³-hybridized carbons (Fsp3) is 0.600. The zero-order valence-corrected chi connectivity index (χ0v) is 15.5. The van der Waals surface area contributed by atoms with Crippen molar-refractivity contribution < 1.29 is 18.7 Å². The summed E-state index contributed by atoms with van der Waals surface area (Å²) >= 11 is 0. The van der Waals surface area contributed by atoms with Gasteiger partial charge in [-0.2, -0.15) is 0 Å². The van der Waals surface area contributed by atoms with Gasteiger partial charge in [-0.15, -0.1) is 0 Å². The van der Waals surface area contributed by atoms with Gasteiger partial charge in [-0.3, -0.25) is 14.5 Å². The Morgan fingerprint density at radius 3 is 2.67 bits per heavy atom. The highest BCUT2D eigenvalue weighted by atomic mass is 19.1. The van der Waals surface area contributed by atoms with Crippen LogP contribution in [0.1, 0.15) is 24.8 Å². The molecule has 27 heavy (non-hydrogen) atoms. The van der Waals surface area contributed by atoms with Crippen molar-refractivity contribution in [2.45, 2.75) is 31.8 Å². The molecule has 0 aromatic heterocycles. The lowest BCUT2D eigenvalue weighted by molar-refractivity contribution is -0.142. The molecule has 0 unspecified atom stereocenters. The van der Waals surface area contributed by atoms with Gasteiger partial charge in [0.15, 0.2) is 0 Å². The molecule has 2 amide bonds. The Labute approximate surface area is 158 Å². The van der Waals surface area contributed by atoms with Crippen LogP contribution in [0.15, 0.2) is 18.2 Å². The van der Waals surface area contributed by atoms with Crippen molar-refractivity contribution in [1.82, 2.24) is 9.80 Å². The van der Waals surface area contributed by atoms with Crippen LogP contribution in [0.4, 0.5) is 10.1 Å². The molecule has 0 bridgehead atoms. The minimum atomic E-state index is -0.326. The maximum Gasteiger partial charge on any atom is 0.251 e. The second kappa shape index (κ2) is 7.94. The number of fused-ring (bicyclic) bond motifs is 1. The van der Waals surface area contributed by atoms with Crippen LogP contribution in [0.3, 0.4) is 0 Å². The number of hydrogen-bond acceptors (Lipinski definition) is 4. The van der Waals surface area contributed by atoms with Crippen molar-refractivity contribution in [2.75, 3.05) is 50.8 Å². The number of anilines is 1. The van der Waals surface area contributed by atoms with Crippen molar-refractivity contribution in [2.24, 2.45) is 0 Å². The highest BCUT2D eigenvalue weighted by molar-refractivity contribution is 5.96. The van der Waals surface area contributed by atoms with E-state index in [9.17, 15) is 14.0 Å². The lowest BCUT2D eigenvalue weighted by Crippen LogP contribution is -2.53. The minimum Gasteiger partial charge on any atom is -0.368 e. The average molecular weight is 375 g/mol. The summed E-state index contributed by atoms with van der Waals surface area (Å²) in [6.45, 7) is 4.01. The van der Waals surface area contributed by atoms with Gasteiger partial charge in [-0.05, 0) is 37.3 Å². The third-order valence-corrected chi connectivity index (χ3v) is 5.72. The van der Waals surface area contributed by atoms with Crippen molar-refractivity contribution >= 4 is 17.5 Å². The van der Waals surface area contributed by atoms with E-state index in [-0.39, 0.29) is 30.3 Å². The fourth-order valence-corrected chi connectivity index (χ4v) is 4.23. The number of carbonyl (C=O) groups excluding carboxylic acids is 2. The van der Waals surface area contributed by atoms with E-state index in [1.54, 1.807) is 11.0 Å². The molecule has 7 heteroatoms. The lowest BCUT2D eigenvalue weighted by atomic mass is 10.0. The van der Waals surface area contributed by atoms with E-state index in [1.165, 1.54) is 6.07 Å². The molecule has 0 radical (unpaired) electrons. The topological polar surface area (TPSA) is 53.1 Å². The van der Waals surface area contributed by atoms with Crippen molar-refractivity contribution in [1.29, 1.82) is 0 Å². The first-order valence-electron chi connectivity index (χ1n) is 9.84. The van der Waals surface area contributed by atoms with Crippen molar-refractivity contribution in [3.8, 4) is 0 Å². The van der Waals surface area contributed by atoms with Gasteiger partial charge in [-0.25, -0.2) is 4.39 Å². The molecule has 6 nitrogen and oxygen atoms in total. The summed E-state index contributed by atoms with van der Waals surface area (Å²) in [5.74, 6) is -0.321. The van der Waals surface area contributed by atoms with Crippen LogP contribution in [-0.2, 0) is 20.7 Å². The second-order valence-electron chi connectivity index (χ2n) is 7.50. The standard InChI is InChI=1S/C20H26FN3O3/c21-16-6-1-4-15-5-2-8-24(19(15)16)18(25)14-22-9-11-23(12-10-22)20(26)17-7-3-13-27-17/h1,4,6,17H,2-3,5,7-14H2/t17-/m0/s1. The molecule has 1 atom stereocenters. The molecular formula is C20H26FN3O3. The van der Waals surface area contributed by atoms with Crippen LogP contribution in [0.2, 0.25) is 0 Å². The molecule has 1 aromatic rings. The zero-order chi connectivity index (χ0) is 18.8. The van der Waals surface area contributed by atoms with Crippen molar-refractivity contribution in [3.05, 3.63) is 29.6 Å². The summed E-state index contributed by atoms with van der Waals surface area (Å²) in [7, 11) is 0. The normalized spacial score (nSPS) is 23.4. The van der Waals surface area contributed by atoms with Crippen molar-refractivity contribution in [3.63, 3.8) is 0 Å². The summed E-state index contributed by atoms with van der Waals surface area (Å²) in [6, 6.07) is 5.01. The van der Waals surface area contributed by atoms with Crippen LogP contribution < -0.4 is 4.90 Å². The molecule has 1 aromatic carbocycles. The largest absolute Gasteiger partial charge is 0.368 e. The van der Waals surface area contributed by atoms with Crippen LogP contribution in [0, 0.1) is 5.82 Å². The molecule has 4 rings (SSSR count). The number of amides is 2. The van der Waals surface area contributed by atoms with Gasteiger partial charge in [0.05, 0.1) is 12.2 Å². The highest BCUT2D eigenvalue weighted by Gasteiger charge is 2.32. The third-order valence-electron chi connectivity index (χ3n) is 5.72. The number of aryl methyl sites for hydroxylation is 1. The van der Waals surface area contributed by atoms with E-state index >= 15 is 0 Å². The smallest absolute Gasteiger partial charge is 0.251 e. The summed E-state index contributed by atoms with van der Waals surface area (Å²) < 4.78 is 19.8. The predicted molar refractivity (Wildman–Crippen MR) is 99.1 cm³/mol. The fourth-order valence-electron chi connectivity index (χ4n) is 4.23. The summed E-state index contributed by atoms with van der Waals surface area (Å²) in [4.78, 5) is 30.7. The number of hydrogen-bond donors (Lipinski definition) is 0. The summed E-state index contributed by atoms with van der Waals surface area (Å²) in [5, 5.41) is 0. The second-order valence-corrected chi connectivity index (χ2v) is 7.50. The Kier molecular flexibility index (Phi) is 5.41. The Bertz CT molecular complexity index is 712. The Balaban J connectivity index is 1.33. The maximum atomic E-state index is 14.3. The minimum absolute atomic E-state index is 0.0695. The molecule has 0 saturated carbocycles. The number of para-hydroxylation sites is 1. The predicted octanol–water partition coefficient (Wildman–Crippen LogP) is 1.43. The quantitative estimate of drug-likeness (QED) is 0.802. The van der Waals surface area contributed by atoms with E-state index in [0.717, 1.165) is 31.2 Å². The number of carbonyl (C=O) groups is 2. The summed E-state index contributed by atoms with van der Waals surface area (Å²) in [6.07, 6.45) is 3.12. The van der Waals surface area contributed by atoms with Gasteiger partial charge < -0.3 is 14.5 Å². The van der Waals surface area contributed by atoms with Gasteiger partial charge in [-0.1, -0.05) is 12.1 Å². The lowest BCUT2D eigenvalue weighted by Gasteiger charge is -2.37. The average Bonchev–Trinajstić information content (AvgIpc) is 3.22. The van der Waals surface area contributed by atoms with E-state index in [1.807, 2.05) is 11.0 Å². The Morgan fingerprint density at radius 2 is 1.93 bits per heavy atom. The van der Waals surface area contributed by atoms with Crippen LogP contribution in [-0.4, -0.2) is 73.6 Å². The molecule has 0 N–H and O–H groups in total. The van der Waals surface area contributed by atoms with Gasteiger partial charge in [0, 0.05) is 39.3 Å². The molecule has 3 aliphatic heterocycles. The first-order chi connectivity index (χ1) is 13.1. The van der Waals surface area contributed by atoms with Gasteiger partial charge in [0.25, 0.3) is 5.91 Å². The van der Waals surface area contributed by atoms with E-state index < -0.39 is 0 Å². The first-order valence-corrected chi connectivity index (χ1v) is 9.84. The molecule has 146 valence electrons. The van der Waals surface area contributed by atoms with Crippen LogP contribution in [0.25, 0.3) is 0 Å². The number of piperazine rings is 1. The molecule has 3 heterocycles. The first kappa shape index (κ1) is 18.4. The van der Waals surface area contributed by atoms with Gasteiger partial charge >= 0.3 is 0 Å². The number of nitrogens with zero attached hydrogens (tertiary/aromatic N) is 3. The zero-order valence-electron chi connectivity index (χ0n) is 15.5. The Morgan fingerprint density at radius 1 is 1.11 bits per heavy atom. The molecule has 3 aliphatic rings. The number of rotatable bonds is 3. The monoisotopic (exact) mass is 375 g/mol. The molecule has 2 saturated heterocycles. The number of benzene rings is 1. The van der Waals surface area contributed by atoms with E-state index in [4.69, 9.17) is 4.74 Å². The summed E-state index contributed by atoms with van der Waals surface area (Å²) in [5.41, 5.74) is 1.35. The van der Waals surface area contributed by atoms with E-state index in [0.29, 0.717) is 45.0 Å². The number of halogens is 1. The third kappa shape index (κ3) is 3.84. The number of ether oxygens (including phenoxy) is 1. The molecular weight excluding hydrogens is 349 g/mol. The molecule has 2 fully saturated rings. The SMILES string of the molecule is O=C([C@@H]1CCCO1)N1CCN(CC(=O)N2CCCc3cccc(F)c32)CC1. The van der Waals surface area contributed by atoms with Crippen LogP contribution in [0.5, 0.6) is 0 Å².